The van der Waals surface area contributed by atoms with Crippen LogP contribution in [0.15, 0.2) is 34.7 Å². The molecule has 1 heterocycles. The molecule has 1 N–H and O–H groups in total. The minimum Gasteiger partial charge on any atom is -0.493 e. The monoisotopic (exact) mass is 313 g/mol. The van der Waals surface area contributed by atoms with Crippen molar-refractivity contribution in [3.8, 4) is 11.8 Å². The fourth-order valence-electron chi connectivity index (χ4n) is 2.36. The molecule has 0 spiro atoms. The van der Waals surface area contributed by atoms with Crippen LogP contribution < -0.4 is 4.74 Å². The van der Waals surface area contributed by atoms with Gasteiger partial charge in [0.05, 0.1) is 12.7 Å². The number of aromatic carboxylic acids is 1. The van der Waals surface area contributed by atoms with Gasteiger partial charge in [-0.2, -0.15) is 5.26 Å². The molecule has 0 saturated heterocycles. The predicted octanol–water partition coefficient (Wildman–Crippen LogP) is 4.06. The first-order valence-electron chi connectivity index (χ1n) is 7.44. The lowest BCUT2D eigenvalue weighted by Gasteiger charge is -2.10. The van der Waals surface area contributed by atoms with Gasteiger partial charge >= 0.3 is 5.97 Å². The Kier molecular flexibility index (Phi) is 5.42. The van der Waals surface area contributed by atoms with Gasteiger partial charge in [0.25, 0.3) is 0 Å². The predicted molar refractivity (Wildman–Crippen MR) is 84.7 cm³/mol. The third-order valence-electron chi connectivity index (χ3n) is 3.56. The lowest BCUT2D eigenvalue weighted by atomic mass is 10.0. The molecule has 5 nitrogen and oxygen atoms in total. The number of nitriles is 1. The quantitative estimate of drug-likeness (QED) is 0.779. The standard InChI is InChI=1S/C18H19NO4/c1-12-5-6-15(13(2)10-12)22-9-3-4-14(11-19)16-7-8-17(23-16)18(20)21/h5-8,10,14H,3-4,9H2,1-2H3,(H,20,21). The number of benzene rings is 1. The zero-order chi connectivity index (χ0) is 16.8. The van der Waals surface area contributed by atoms with Crippen molar-refractivity contribution < 1.29 is 19.1 Å². The molecule has 0 aliphatic carbocycles. The average molecular weight is 313 g/mol. The molecular formula is C18H19NO4. The lowest BCUT2D eigenvalue weighted by molar-refractivity contribution is 0.0660. The van der Waals surface area contributed by atoms with Gasteiger partial charge in [0.15, 0.2) is 0 Å². The van der Waals surface area contributed by atoms with Crippen molar-refractivity contribution in [2.24, 2.45) is 0 Å². The summed E-state index contributed by atoms with van der Waals surface area (Å²) in [5.74, 6) is -0.518. The van der Waals surface area contributed by atoms with E-state index in [0.29, 0.717) is 25.2 Å². The van der Waals surface area contributed by atoms with Gasteiger partial charge in [0.1, 0.15) is 17.4 Å². The number of aryl methyl sites for hydroxylation is 2. The second-order valence-corrected chi connectivity index (χ2v) is 5.45. The Morgan fingerprint density at radius 2 is 2.13 bits per heavy atom. The highest BCUT2D eigenvalue weighted by molar-refractivity contribution is 5.84. The molecule has 2 aromatic rings. The molecule has 120 valence electrons. The molecule has 0 radical (unpaired) electrons. The highest BCUT2D eigenvalue weighted by Crippen LogP contribution is 2.24. The smallest absolute Gasteiger partial charge is 0.371 e. The average Bonchev–Trinajstić information content (AvgIpc) is 2.99. The summed E-state index contributed by atoms with van der Waals surface area (Å²) in [5.41, 5.74) is 2.27. The zero-order valence-corrected chi connectivity index (χ0v) is 13.2. The van der Waals surface area contributed by atoms with Crippen LogP contribution in [0.2, 0.25) is 0 Å². The number of rotatable bonds is 7. The minimum atomic E-state index is -1.13. The van der Waals surface area contributed by atoms with Crippen LogP contribution in [0.5, 0.6) is 5.75 Å². The summed E-state index contributed by atoms with van der Waals surface area (Å²) in [6.45, 7) is 4.52. The second kappa shape index (κ2) is 7.50. The normalized spacial score (nSPS) is 11.7. The third kappa shape index (κ3) is 4.36. The number of carboxylic acid groups (broad SMARTS) is 1. The molecule has 0 amide bonds. The first-order chi connectivity index (χ1) is 11.0. The molecule has 1 aromatic heterocycles. The molecule has 1 unspecified atom stereocenters. The van der Waals surface area contributed by atoms with E-state index in [0.717, 1.165) is 11.3 Å². The molecule has 0 aliphatic heterocycles. The second-order valence-electron chi connectivity index (χ2n) is 5.45. The topological polar surface area (TPSA) is 83.5 Å². The van der Waals surface area contributed by atoms with E-state index in [1.165, 1.54) is 11.6 Å². The van der Waals surface area contributed by atoms with E-state index < -0.39 is 11.9 Å². The van der Waals surface area contributed by atoms with E-state index in [1.807, 2.05) is 26.0 Å². The number of carbonyl (C=O) groups is 1. The Hall–Kier alpha value is -2.74. The van der Waals surface area contributed by atoms with Crippen molar-refractivity contribution in [2.75, 3.05) is 6.61 Å². The molecule has 1 atom stereocenters. The Bertz CT molecular complexity index is 727. The first-order valence-corrected chi connectivity index (χ1v) is 7.44. The number of ether oxygens (including phenoxy) is 1. The van der Waals surface area contributed by atoms with Crippen LogP contribution in [-0.2, 0) is 0 Å². The van der Waals surface area contributed by atoms with E-state index in [-0.39, 0.29) is 5.76 Å². The molecule has 1 aromatic carbocycles. The summed E-state index contributed by atoms with van der Waals surface area (Å²) >= 11 is 0. The van der Waals surface area contributed by atoms with Crippen molar-refractivity contribution in [1.82, 2.24) is 0 Å². The van der Waals surface area contributed by atoms with Crippen molar-refractivity contribution in [1.29, 1.82) is 5.26 Å². The van der Waals surface area contributed by atoms with Gasteiger partial charge in [0.2, 0.25) is 5.76 Å². The molecule has 0 saturated carbocycles. The van der Waals surface area contributed by atoms with Crippen LogP contribution in [0.4, 0.5) is 0 Å². The van der Waals surface area contributed by atoms with Crippen LogP contribution in [-0.4, -0.2) is 17.7 Å². The van der Waals surface area contributed by atoms with Crippen LogP contribution in [0, 0.1) is 25.2 Å². The van der Waals surface area contributed by atoms with Gasteiger partial charge in [-0.25, -0.2) is 4.79 Å². The van der Waals surface area contributed by atoms with Gasteiger partial charge in [-0.3, -0.25) is 0 Å². The maximum Gasteiger partial charge on any atom is 0.371 e. The van der Waals surface area contributed by atoms with Crippen LogP contribution in [0.3, 0.4) is 0 Å². The summed E-state index contributed by atoms with van der Waals surface area (Å²) in [6, 6.07) is 11.1. The van der Waals surface area contributed by atoms with Crippen molar-refractivity contribution in [3.63, 3.8) is 0 Å². The molecule has 0 bridgehead atoms. The fourth-order valence-corrected chi connectivity index (χ4v) is 2.36. The summed E-state index contributed by atoms with van der Waals surface area (Å²) < 4.78 is 10.9. The molecule has 2 rings (SSSR count). The summed E-state index contributed by atoms with van der Waals surface area (Å²) in [4.78, 5) is 10.8. The fraction of sp³-hybridized carbons (Fsp3) is 0.333. The van der Waals surface area contributed by atoms with E-state index in [1.54, 1.807) is 6.07 Å². The minimum absolute atomic E-state index is 0.146. The Morgan fingerprint density at radius 1 is 1.35 bits per heavy atom. The number of hydrogen-bond acceptors (Lipinski definition) is 4. The van der Waals surface area contributed by atoms with Gasteiger partial charge in [0, 0.05) is 0 Å². The van der Waals surface area contributed by atoms with E-state index >= 15 is 0 Å². The van der Waals surface area contributed by atoms with Crippen LogP contribution in [0.25, 0.3) is 0 Å². The maximum atomic E-state index is 10.8. The molecule has 0 aliphatic rings. The Morgan fingerprint density at radius 3 is 2.74 bits per heavy atom. The van der Waals surface area contributed by atoms with Gasteiger partial charge in [-0.1, -0.05) is 17.7 Å². The van der Waals surface area contributed by atoms with Crippen molar-refractivity contribution in [2.45, 2.75) is 32.6 Å². The lowest BCUT2D eigenvalue weighted by Crippen LogP contribution is -2.02. The van der Waals surface area contributed by atoms with Crippen LogP contribution in [0.1, 0.15) is 46.2 Å². The first kappa shape index (κ1) is 16.6. The number of nitrogens with zero attached hydrogens (tertiary/aromatic N) is 1. The SMILES string of the molecule is Cc1ccc(OCCCC(C#N)c2ccc(C(=O)O)o2)c(C)c1. The number of carboxylic acids is 1. The third-order valence-corrected chi connectivity index (χ3v) is 3.56. The highest BCUT2D eigenvalue weighted by Gasteiger charge is 2.17. The van der Waals surface area contributed by atoms with Gasteiger partial charge in [-0.05, 0) is 50.5 Å². The van der Waals surface area contributed by atoms with Gasteiger partial charge < -0.3 is 14.3 Å². The Balaban J connectivity index is 1.86. The van der Waals surface area contributed by atoms with E-state index in [4.69, 9.17) is 14.3 Å². The van der Waals surface area contributed by atoms with E-state index in [9.17, 15) is 10.1 Å². The summed E-state index contributed by atoms with van der Waals surface area (Å²) in [7, 11) is 0. The Labute approximate surface area is 135 Å². The van der Waals surface area contributed by atoms with Crippen LogP contribution >= 0.6 is 0 Å². The number of furan rings is 1. The summed E-state index contributed by atoms with van der Waals surface area (Å²) in [6.07, 6.45) is 1.22. The highest BCUT2D eigenvalue weighted by atomic mass is 16.5. The van der Waals surface area contributed by atoms with Crippen molar-refractivity contribution in [3.05, 3.63) is 53.0 Å². The zero-order valence-electron chi connectivity index (χ0n) is 13.2. The molecule has 23 heavy (non-hydrogen) atoms. The van der Waals surface area contributed by atoms with E-state index in [2.05, 4.69) is 12.1 Å². The summed E-state index contributed by atoms with van der Waals surface area (Å²) in [5, 5.41) is 18.1. The van der Waals surface area contributed by atoms with Gasteiger partial charge in [-0.15, -0.1) is 0 Å². The molecule has 5 heteroatoms. The van der Waals surface area contributed by atoms with Crippen molar-refractivity contribution >= 4 is 5.97 Å². The molecule has 0 fully saturated rings. The largest absolute Gasteiger partial charge is 0.493 e. The molecular weight excluding hydrogens is 294 g/mol. The maximum absolute atomic E-state index is 10.8. The number of hydrogen-bond donors (Lipinski definition) is 1.